The topological polar surface area (TPSA) is 29.9 Å². The summed E-state index contributed by atoms with van der Waals surface area (Å²) in [5.41, 5.74) is 1.33. The molecule has 1 heterocycles. The zero-order valence-electron chi connectivity index (χ0n) is 10.7. The highest BCUT2D eigenvalue weighted by atomic mass is 79.9. The number of rotatable bonds is 5. The highest BCUT2D eigenvalue weighted by molar-refractivity contribution is 9.10. The van der Waals surface area contributed by atoms with Gasteiger partial charge in [0.25, 0.3) is 0 Å². The Morgan fingerprint density at radius 2 is 2.17 bits per heavy atom. The number of benzene rings is 1. The van der Waals surface area contributed by atoms with Gasteiger partial charge in [0.15, 0.2) is 0 Å². The van der Waals surface area contributed by atoms with Gasteiger partial charge in [-0.15, -0.1) is 0 Å². The monoisotopic (exact) mass is 307 g/mol. The van der Waals surface area contributed by atoms with Gasteiger partial charge in [-0.1, -0.05) is 34.1 Å². The lowest BCUT2D eigenvalue weighted by Crippen LogP contribution is -2.28. The van der Waals surface area contributed by atoms with E-state index in [4.69, 9.17) is 0 Å². The maximum Gasteiger partial charge on any atom is 0.122 e. The minimum Gasteiger partial charge on any atom is -0.337 e. The number of aryl methyl sites for hydroxylation is 1. The molecule has 1 aromatic carbocycles. The Balaban J connectivity index is 1.88. The zero-order chi connectivity index (χ0) is 13.0. The molecule has 0 saturated carbocycles. The summed E-state index contributed by atoms with van der Waals surface area (Å²) in [7, 11) is 2.02. The minimum atomic E-state index is 0.417. The van der Waals surface area contributed by atoms with Crippen molar-refractivity contribution < 1.29 is 0 Å². The fourth-order valence-electron chi connectivity index (χ4n) is 1.90. The molecule has 1 unspecified atom stereocenters. The van der Waals surface area contributed by atoms with Crippen LogP contribution in [0.25, 0.3) is 0 Å². The second-order valence-corrected chi connectivity index (χ2v) is 5.39. The van der Waals surface area contributed by atoms with Gasteiger partial charge in [0.1, 0.15) is 5.82 Å². The minimum absolute atomic E-state index is 0.417. The van der Waals surface area contributed by atoms with Crippen LogP contribution in [0, 0.1) is 0 Å². The summed E-state index contributed by atoms with van der Waals surface area (Å²) < 4.78 is 3.22. The molecule has 0 bridgehead atoms. The predicted octanol–water partition coefficient (Wildman–Crippen LogP) is 2.90. The van der Waals surface area contributed by atoms with E-state index in [0.717, 1.165) is 18.8 Å². The Kier molecular flexibility index (Phi) is 4.55. The first-order valence-electron chi connectivity index (χ1n) is 6.10. The average molecular weight is 308 g/mol. The fraction of sp³-hybridized carbons (Fsp3) is 0.357. The summed E-state index contributed by atoms with van der Waals surface area (Å²) in [5, 5.41) is 3.50. The van der Waals surface area contributed by atoms with Crippen molar-refractivity contribution in [2.24, 2.45) is 7.05 Å². The standard InChI is InChI=1S/C14H18BrN3/c1-11(9-12-5-3-4-6-13(12)15)17-10-14-16-7-8-18(14)2/h3-8,11,17H,9-10H2,1-2H3. The Morgan fingerprint density at radius 1 is 1.39 bits per heavy atom. The normalized spacial score (nSPS) is 12.6. The van der Waals surface area contributed by atoms with Gasteiger partial charge in [-0.05, 0) is 25.0 Å². The largest absolute Gasteiger partial charge is 0.337 e. The number of halogens is 1. The molecule has 0 aliphatic heterocycles. The van der Waals surface area contributed by atoms with E-state index in [2.05, 4.69) is 51.4 Å². The van der Waals surface area contributed by atoms with Crippen molar-refractivity contribution >= 4 is 15.9 Å². The number of imidazole rings is 1. The molecule has 1 atom stereocenters. The molecular weight excluding hydrogens is 290 g/mol. The van der Waals surface area contributed by atoms with Gasteiger partial charge in [-0.2, -0.15) is 0 Å². The predicted molar refractivity (Wildman–Crippen MR) is 77.4 cm³/mol. The van der Waals surface area contributed by atoms with Crippen LogP contribution in [0.3, 0.4) is 0 Å². The van der Waals surface area contributed by atoms with Gasteiger partial charge >= 0.3 is 0 Å². The maximum atomic E-state index is 4.30. The Hall–Kier alpha value is -1.13. The van der Waals surface area contributed by atoms with E-state index in [9.17, 15) is 0 Å². The number of nitrogens with zero attached hydrogens (tertiary/aromatic N) is 2. The lowest BCUT2D eigenvalue weighted by Gasteiger charge is -2.14. The van der Waals surface area contributed by atoms with Crippen molar-refractivity contribution in [1.29, 1.82) is 0 Å². The molecule has 2 rings (SSSR count). The van der Waals surface area contributed by atoms with Crippen molar-refractivity contribution in [2.45, 2.75) is 25.9 Å². The number of aromatic nitrogens is 2. The quantitative estimate of drug-likeness (QED) is 0.920. The molecule has 0 radical (unpaired) electrons. The second kappa shape index (κ2) is 6.16. The summed E-state index contributed by atoms with van der Waals surface area (Å²) in [6, 6.07) is 8.77. The van der Waals surface area contributed by atoms with Gasteiger partial charge in [0.2, 0.25) is 0 Å². The number of hydrogen-bond acceptors (Lipinski definition) is 2. The van der Waals surface area contributed by atoms with E-state index in [1.807, 2.05) is 30.1 Å². The van der Waals surface area contributed by atoms with Crippen molar-refractivity contribution in [3.63, 3.8) is 0 Å². The van der Waals surface area contributed by atoms with E-state index < -0.39 is 0 Å². The van der Waals surface area contributed by atoms with Crippen LogP contribution in [0.15, 0.2) is 41.1 Å². The van der Waals surface area contributed by atoms with Crippen molar-refractivity contribution in [2.75, 3.05) is 0 Å². The Labute approximate surface area is 116 Å². The molecule has 4 heteroatoms. The lowest BCUT2D eigenvalue weighted by molar-refractivity contribution is 0.525. The fourth-order valence-corrected chi connectivity index (χ4v) is 2.34. The summed E-state index contributed by atoms with van der Waals surface area (Å²) in [4.78, 5) is 4.30. The molecule has 18 heavy (non-hydrogen) atoms. The first kappa shape index (κ1) is 13.3. The van der Waals surface area contributed by atoms with Crippen LogP contribution in [0.5, 0.6) is 0 Å². The molecule has 2 aromatic rings. The molecule has 0 saturated heterocycles. The molecule has 3 nitrogen and oxygen atoms in total. The smallest absolute Gasteiger partial charge is 0.122 e. The molecule has 1 N–H and O–H groups in total. The Morgan fingerprint density at radius 3 is 2.83 bits per heavy atom. The first-order chi connectivity index (χ1) is 8.66. The third-order valence-electron chi connectivity index (χ3n) is 3.01. The zero-order valence-corrected chi connectivity index (χ0v) is 12.3. The summed E-state index contributed by atoms with van der Waals surface area (Å²) in [5.74, 6) is 1.06. The van der Waals surface area contributed by atoms with E-state index in [1.165, 1.54) is 10.0 Å². The van der Waals surface area contributed by atoms with Crippen molar-refractivity contribution in [1.82, 2.24) is 14.9 Å². The summed E-state index contributed by atoms with van der Waals surface area (Å²) in [6.45, 7) is 3.00. The molecule has 0 aliphatic carbocycles. The highest BCUT2D eigenvalue weighted by Crippen LogP contribution is 2.17. The second-order valence-electron chi connectivity index (χ2n) is 4.53. The first-order valence-corrected chi connectivity index (χ1v) is 6.89. The number of hydrogen-bond donors (Lipinski definition) is 1. The van der Waals surface area contributed by atoms with Crippen LogP contribution in [0.4, 0.5) is 0 Å². The van der Waals surface area contributed by atoms with Gasteiger partial charge in [0.05, 0.1) is 6.54 Å². The SMILES string of the molecule is CC(Cc1ccccc1Br)NCc1nccn1C. The average Bonchev–Trinajstić information content (AvgIpc) is 2.75. The van der Waals surface area contributed by atoms with Gasteiger partial charge in [0, 0.05) is 30.0 Å². The molecule has 0 amide bonds. The third kappa shape index (κ3) is 3.43. The molecule has 0 spiro atoms. The molecule has 0 aliphatic rings. The molecule has 96 valence electrons. The van der Waals surface area contributed by atoms with E-state index in [1.54, 1.807) is 0 Å². The van der Waals surface area contributed by atoms with Crippen LogP contribution in [0.1, 0.15) is 18.3 Å². The Bertz CT molecular complexity index is 507. The van der Waals surface area contributed by atoms with Crippen LogP contribution in [0.2, 0.25) is 0 Å². The molecular formula is C14H18BrN3. The van der Waals surface area contributed by atoms with Crippen molar-refractivity contribution in [3.05, 3.63) is 52.5 Å². The van der Waals surface area contributed by atoms with E-state index in [-0.39, 0.29) is 0 Å². The van der Waals surface area contributed by atoms with Gasteiger partial charge in [-0.3, -0.25) is 0 Å². The number of nitrogens with one attached hydrogen (secondary N) is 1. The third-order valence-corrected chi connectivity index (χ3v) is 3.79. The van der Waals surface area contributed by atoms with Gasteiger partial charge in [-0.25, -0.2) is 4.98 Å². The van der Waals surface area contributed by atoms with E-state index >= 15 is 0 Å². The summed E-state index contributed by atoms with van der Waals surface area (Å²) >= 11 is 3.58. The van der Waals surface area contributed by atoms with Crippen LogP contribution in [-0.2, 0) is 20.0 Å². The summed E-state index contributed by atoms with van der Waals surface area (Å²) in [6.07, 6.45) is 4.80. The lowest BCUT2D eigenvalue weighted by atomic mass is 10.1. The highest BCUT2D eigenvalue weighted by Gasteiger charge is 2.07. The molecule has 0 fully saturated rings. The van der Waals surface area contributed by atoms with Gasteiger partial charge < -0.3 is 9.88 Å². The van der Waals surface area contributed by atoms with Crippen LogP contribution < -0.4 is 5.32 Å². The van der Waals surface area contributed by atoms with Crippen molar-refractivity contribution in [3.8, 4) is 0 Å². The molecule has 1 aromatic heterocycles. The van der Waals surface area contributed by atoms with E-state index in [0.29, 0.717) is 6.04 Å². The van der Waals surface area contributed by atoms with Crippen LogP contribution in [-0.4, -0.2) is 15.6 Å². The maximum absolute atomic E-state index is 4.30. The van der Waals surface area contributed by atoms with Crippen LogP contribution >= 0.6 is 15.9 Å².